The maximum atomic E-state index is 12.7. The average molecular weight is 691 g/mol. The molecule has 0 spiro atoms. The van der Waals surface area contributed by atoms with Crippen LogP contribution in [0.5, 0.6) is 0 Å². The summed E-state index contributed by atoms with van der Waals surface area (Å²) in [5.41, 5.74) is 6.95. The molecule has 1 unspecified atom stereocenters. The van der Waals surface area contributed by atoms with Gasteiger partial charge in [0.1, 0.15) is 12.2 Å². The third-order valence-corrected chi connectivity index (χ3v) is 9.48. The van der Waals surface area contributed by atoms with Crippen molar-refractivity contribution in [2.45, 2.75) is 70.4 Å². The Morgan fingerprint density at radius 2 is 1.30 bits per heavy atom. The largest absolute Gasteiger partial charge is 0.478 e. The van der Waals surface area contributed by atoms with Crippen molar-refractivity contribution >= 4 is 17.6 Å². The number of halogens is 1. The molecule has 258 valence electrons. The number of carbonyl (C=O) groups is 1. The fraction of sp³-hybridized carbons (Fsp3) is 0.279. The first-order valence-electron chi connectivity index (χ1n) is 17.2. The molecule has 0 aromatic heterocycles. The van der Waals surface area contributed by atoms with Gasteiger partial charge in [-0.3, -0.25) is 0 Å². The van der Waals surface area contributed by atoms with Crippen LogP contribution in [0.2, 0.25) is 5.02 Å². The van der Waals surface area contributed by atoms with E-state index >= 15 is 0 Å². The number of benzene rings is 5. The van der Waals surface area contributed by atoms with Crippen LogP contribution >= 0.6 is 11.6 Å². The van der Waals surface area contributed by atoms with E-state index in [9.17, 15) is 9.90 Å². The van der Waals surface area contributed by atoms with Crippen LogP contribution < -0.4 is 0 Å². The molecule has 1 saturated heterocycles. The van der Waals surface area contributed by atoms with Gasteiger partial charge >= 0.3 is 5.97 Å². The first-order chi connectivity index (χ1) is 24.5. The normalized spacial score (nSPS) is 18.9. The fourth-order valence-corrected chi connectivity index (χ4v) is 6.62. The van der Waals surface area contributed by atoms with Crippen molar-refractivity contribution in [3.8, 4) is 0 Å². The maximum Gasteiger partial charge on any atom is 0.336 e. The minimum absolute atomic E-state index is 0.111. The molecule has 1 aliphatic heterocycles. The van der Waals surface area contributed by atoms with Gasteiger partial charge in [-0.1, -0.05) is 140 Å². The van der Waals surface area contributed by atoms with E-state index in [2.05, 4.69) is 31.2 Å². The lowest BCUT2D eigenvalue weighted by molar-refractivity contribution is -0.222. The average Bonchev–Trinajstić information content (AvgIpc) is 3.15. The highest BCUT2D eigenvalue weighted by atomic mass is 35.5. The molecule has 0 aliphatic carbocycles. The number of aromatic carboxylic acids is 1. The van der Waals surface area contributed by atoms with Crippen LogP contribution in [0.25, 0.3) is 0 Å². The SMILES string of the molecule is CCc1ccc(Cc2cc([C@H]3C[C@@H](OCc4ccccc4)C(OCc4ccccc4)[C@@H](COCc4ccccc4)O3)c(C(=O)O)cc2Cl)cc1. The monoisotopic (exact) mass is 690 g/mol. The fourth-order valence-electron chi connectivity index (χ4n) is 6.39. The Bertz CT molecular complexity index is 1800. The smallest absolute Gasteiger partial charge is 0.336 e. The molecule has 6 nitrogen and oxygen atoms in total. The third kappa shape index (κ3) is 9.48. The summed E-state index contributed by atoms with van der Waals surface area (Å²) >= 11 is 6.75. The highest BCUT2D eigenvalue weighted by Crippen LogP contribution is 2.39. The molecule has 50 heavy (non-hydrogen) atoms. The third-order valence-electron chi connectivity index (χ3n) is 9.13. The molecular weight excluding hydrogens is 648 g/mol. The van der Waals surface area contributed by atoms with Gasteiger partial charge in [-0.2, -0.15) is 0 Å². The number of hydrogen-bond acceptors (Lipinski definition) is 5. The first kappa shape index (κ1) is 35.5. The van der Waals surface area contributed by atoms with Gasteiger partial charge in [0.2, 0.25) is 0 Å². The Morgan fingerprint density at radius 1 is 0.740 bits per heavy atom. The molecule has 1 N–H and O–H groups in total. The number of ether oxygens (including phenoxy) is 4. The van der Waals surface area contributed by atoms with E-state index in [1.54, 1.807) is 6.07 Å². The van der Waals surface area contributed by atoms with E-state index in [1.165, 1.54) is 5.56 Å². The number of carboxylic acid groups (broad SMARTS) is 1. The van der Waals surface area contributed by atoms with Gasteiger partial charge in [0, 0.05) is 11.4 Å². The van der Waals surface area contributed by atoms with E-state index in [-0.39, 0.29) is 12.2 Å². The van der Waals surface area contributed by atoms with Gasteiger partial charge in [0.15, 0.2) is 0 Å². The maximum absolute atomic E-state index is 12.7. The lowest BCUT2D eigenvalue weighted by Gasteiger charge is -2.42. The van der Waals surface area contributed by atoms with Crippen molar-refractivity contribution in [3.63, 3.8) is 0 Å². The van der Waals surface area contributed by atoms with Crippen LogP contribution in [0.3, 0.4) is 0 Å². The summed E-state index contributed by atoms with van der Waals surface area (Å²) in [7, 11) is 0. The van der Waals surface area contributed by atoms with Gasteiger partial charge in [0.05, 0.1) is 44.2 Å². The van der Waals surface area contributed by atoms with E-state index < -0.39 is 30.4 Å². The summed E-state index contributed by atoms with van der Waals surface area (Å²) in [5.74, 6) is -1.06. The van der Waals surface area contributed by atoms with Crippen molar-refractivity contribution in [1.82, 2.24) is 0 Å². The Morgan fingerprint density at radius 3 is 1.88 bits per heavy atom. The summed E-state index contributed by atoms with van der Waals surface area (Å²) in [5, 5.41) is 10.8. The molecule has 1 fully saturated rings. The van der Waals surface area contributed by atoms with E-state index in [1.807, 2.05) is 97.1 Å². The van der Waals surface area contributed by atoms with Crippen molar-refractivity contribution in [3.05, 3.63) is 177 Å². The number of aryl methyl sites for hydroxylation is 1. The van der Waals surface area contributed by atoms with Crippen molar-refractivity contribution < 1.29 is 28.8 Å². The van der Waals surface area contributed by atoms with Crippen LogP contribution in [0.1, 0.15) is 68.8 Å². The molecule has 6 rings (SSSR count). The van der Waals surface area contributed by atoms with Crippen molar-refractivity contribution in [2.75, 3.05) is 6.61 Å². The Balaban J connectivity index is 1.32. The predicted octanol–water partition coefficient (Wildman–Crippen LogP) is 9.41. The lowest BCUT2D eigenvalue weighted by Crippen LogP contribution is -2.50. The molecule has 1 heterocycles. The second-order valence-corrected chi connectivity index (χ2v) is 13.1. The van der Waals surface area contributed by atoms with Crippen molar-refractivity contribution in [2.24, 2.45) is 0 Å². The summed E-state index contributed by atoms with van der Waals surface area (Å²) < 4.78 is 26.4. The van der Waals surface area contributed by atoms with Crippen LogP contribution in [0.4, 0.5) is 0 Å². The molecule has 0 amide bonds. The highest BCUT2D eigenvalue weighted by molar-refractivity contribution is 6.31. The van der Waals surface area contributed by atoms with Crippen LogP contribution in [-0.4, -0.2) is 36.0 Å². The second-order valence-electron chi connectivity index (χ2n) is 12.7. The van der Waals surface area contributed by atoms with E-state index in [0.29, 0.717) is 43.2 Å². The summed E-state index contributed by atoms with van der Waals surface area (Å²) in [6.07, 6.45) is -0.172. The van der Waals surface area contributed by atoms with Gasteiger partial charge in [-0.15, -0.1) is 0 Å². The molecule has 0 radical (unpaired) electrons. The van der Waals surface area contributed by atoms with Gasteiger partial charge < -0.3 is 24.1 Å². The molecule has 7 heteroatoms. The van der Waals surface area contributed by atoms with Crippen molar-refractivity contribution in [1.29, 1.82) is 0 Å². The van der Waals surface area contributed by atoms with Gasteiger partial charge in [-0.05, 0) is 57.9 Å². The molecule has 5 aromatic rings. The van der Waals surface area contributed by atoms with Gasteiger partial charge in [0.25, 0.3) is 0 Å². The Kier molecular flexibility index (Phi) is 12.5. The van der Waals surface area contributed by atoms with E-state index in [0.717, 1.165) is 34.2 Å². The van der Waals surface area contributed by atoms with Crippen LogP contribution in [0.15, 0.2) is 127 Å². The minimum Gasteiger partial charge on any atom is -0.478 e. The first-order valence-corrected chi connectivity index (χ1v) is 17.6. The standard InChI is InChI=1S/C43H43ClO6/c1-2-30-18-20-31(21-19-30)22-35-23-36(37(43(45)46)24-38(35)44)39-25-40(48-27-33-14-8-4-9-15-33)42(49-28-34-16-10-5-11-17-34)41(50-39)29-47-26-32-12-6-3-7-13-32/h3-21,23-24,39-42H,2,22,25-29H2,1H3,(H,45,46)/t39-,40-,41-,42?/m1/s1. The quantitative estimate of drug-likeness (QED) is 0.118. The molecule has 0 bridgehead atoms. The zero-order chi connectivity index (χ0) is 34.7. The number of rotatable bonds is 15. The molecule has 0 saturated carbocycles. The van der Waals surface area contributed by atoms with E-state index in [4.69, 9.17) is 30.5 Å². The van der Waals surface area contributed by atoms with Gasteiger partial charge in [-0.25, -0.2) is 4.79 Å². The molecule has 5 aromatic carbocycles. The Hall–Kier alpha value is -4.30. The minimum atomic E-state index is -1.06. The summed E-state index contributed by atoms with van der Waals surface area (Å²) in [6.45, 7) is 3.48. The zero-order valence-electron chi connectivity index (χ0n) is 28.2. The number of carboxylic acids is 1. The number of hydrogen-bond donors (Lipinski definition) is 1. The zero-order valence-corrected chi connectivity index (χ0v) is 29.0. The second kappa shape index (κ2) is 17.6. The summed E-state index contributed by atoms with van der Waals surface area (Å²) in [4.78, 5) is 12.7. The predicted molar refractivity (Wildman–Crippen MR) is 195 cm³/mol. The molecule has 1 aliphatic rings. The molecule has 4 atom stereocenters. The highest BCUT2D eigenvalue weighted by Gasteiger charge is 2.42. The summed E-state index contributed by atoms with van der Waals surface area (Å²) in [6, 6.07) is 41.8. The Labute approximate surface area is 299 Å². The van der Waals surface area contributed by atoms with Crippen LogP contribution in [0, 0.1) is 0 Å². The van der Waals surface area contributed by atoms with Crippen LogP contribution in [-0.2, 0) is 51.6 Å². The topological polar surface area (TPSA) is 74.2 Å². The lowest BCUT2D eigenvalue weighted by atomic mass is 9.89. The molecular formula is C43H43ClO6.